The Hall–Kier alpha value is -1.92. The summed E-state index contributed by atoms with van der Waals surface area (Å²) >= 11 is 0. The number of nitrogens with zero attached hydrogens (tertiary/aromatic N) is 1. The average molecular weight is 368 g/mol. The van der Waals surface area contributed by atoms with Crippen LogP contribution < -0.4 is 5.32 Å². The zero-order valence-electron chi connectivity index (χ0n) is 15.7. The van der Waals surface area contributed by atoms with E-state index in [1.807, 2.05) is 13.8 Å². The topological polar surface area (TPSA) is 62.6 Å². The molecule has 1 saturated heterocycles. The van der Waals surface area contributed by atoms with Gasteiger partial charge in [-0.15, -0.1) is 0 Å². The van der Waals surface area contributed by atoms with Gasteiger partial charge in [0, 0.05) is 13.5 Å². The van der Waals surface area contributed by atoms with Crippen LogP contribution in [0.5, 0.6) is 0 Å². The van der Waals surface area contributed by atoms with Crippen LogP contribution in [0.1, 0.15) is 61.4 Å². The Labute approximate surface area is 152 Å². The minimum Gasteiger partial charge on any atom is -0.456 e. The first-order valence-corrected chi connectivity index (χ1v) is 9.17. The van der Waals surface area contributed by atoms with Gasteiger partial charge >= 0.3 is 0 Å². The van der Waals surface area contributed by atoms with Crippen LogP contribution in [-0.2, 0) is 4.79 Å². The molecule has 2 aliphatic rings. The lowest BCUT2D eigenvalue weighted by Gasteiger charge is -2.29. The lowest BCUT2D eigenvalue weighted by Crippen LogP contribution is -2.51. The van der Waals surface area contributed by atoms with Crippen LogP contribution in [0.3, 0.4) is 0 Å². The molecule has 7 heteroatoms. The molecule has 3 rings (SSSR count). The molecule has 0 unspecified atom stereocenters. The lowest BCUT2D eigenvalue weighted by atomic mass is 9.96. The second-order valence-electron chi connectivity index (χ2n) is 7.66. The van der Waals surface area contributed by atoms with Crippen molar-refractivity contribution in [3.63, 3.8) is 0 Å². The van der Waals surface area contributed by atoms with E-state index in [9.17, 15) is 18.4 Å². The molecule has 0 radical (unpaired) electrons. The fourth-order valence-electron chi connectivity index (χ4n) is 3.90. The molecule has 2 atom stereocenters. The second kappa shape index (κ2) is 6.35. The van der Waals surface area contributed by atoms with Crippen molar-refractivity contribution in [2.24, 2.45) is 5.41 Å². The molecule has 0 bridgehead atoms. The number of halogens is 2. The zero-order valence-corrected chi connectivity index (χ0v) is 15.7. The van der Waals surface area contributed by atoms with Gasteiger partial charge in [0.05, 0.1) is 12.1 Å². The number of carbonyl (C=O) groups is 2. The molecule has 1 aliphatic carbocycles. The third kappa shape index (κ3) is 3.01. The van der Waals surface area contributed by atoms with Gasteiger partial charge in [0.2, 0.25) is 5.91 Å². The van der Waals surface area contributed by atoms with Crippen molar-refractivity contribution < 1.29 is 22.8 Å². The Morgan fingerprint density at radius 3 is 2.50 bits per heavy atom. The number of alkyl halides is 2. The summed E-state index contributed by atoms with van der Waals surface area (Å²) in [5.74, 6) is -2.86. The minimum atomic E-state index is -3.03. The van der Waals surface area contributed by atoms with Crippen molar-refractivity contribution in [3.05, 3.63) is 23.2 Å². The third-order valence-electron chi connectivity index (χ3n) is 5.94. The van der Waals surface area contributed by atoms with E-state index in [1.54, 1.807) is 17.9 Å². The molecule has 0 spiro atoms. The Bertz CT molecular complexity index is 699. The van der Waals surface area contributed by atoms with Crippen molar-refractivity contribution >= 4 is 11.8 Å². The predicted octanol–water partition coefficient (Wildman–Crippen LogP) is 3.44. The number of rotatable bonds is 5. The fraction of sp³-hybridized carbons (Fsp3) is 0.684. The fourth-order valence-corrected chi connectivity index (χ4v) is 3.90. The smallest absolute Gasteiger partial charge is 0.289 e. The van der Waals surface area contributed by atoms with Gasteiger partial charge in [-0.05, 0) is 51.2 Å². The summed E-state index contributed by atoms with van der Waals surface area (Å²) in [6.45, 7) is 6.88. The van der Waals surface area contributed by atoms with Gasteiger partial charge in [-0.25, -0.2) is 8.78 Å². The van der Waals surface area contributed by atoms with Crippen LogP contribution in [0, 0.1) is 19.3 Å². The van der Waals surface area contributed by atoms with E-state index in [-0.39, 0.29) is 36.6 Å². The second-order valence-corrected chi connectivity index (χ2v) is 7.66. The van der Waals surface area contributed by atoms with Crippen LogP contribution >= 0.6 is 0 Å². The number of nitrogens with one attached hydrogen (secondary N) is 1. The molecule has 1 aliphatic heterocycles. The summed E-state index contributed by atoms with van der Waals surface area (Å²) in [5.41, 5.74) is -0.663. The van der Waals surface area contributed by atoms with Gasteiger partial charge in [0.25, 0.3) is 11.8 Å². The summed E-state index contributed by atoms with van der Waals surface area (Å²) in [6.07, 6.45) is 1.60. The number of carbonyl (C=O) groups excluding carboxylic acids is 2. The van der Waals surface area contributed by atoms with Crippen molar-refractivity contribution in [1.29, 1.82) is 0 Å². The Morgan fingerprint density at radius 1 is 1.38 bits per heavy atom. The first-order chi connectivity index (χ1) is 12.1. The van der Waals surface area contributed by atoms with Crippen LogP contribution in [-0.4, -0.2) is 41.3 Å². The molecule has 144 valence electrons. The number of furan rings is 1. The van der Waals surface area contributed by atoms with Gasteiger partial charge in [-0.3, -0.25) is 9.59 Å². The maximum atomic E-state index is 13.8. The molecule has 2 fully saturated rings. The van der Waals surface area contributed by atoms with E-state index < -0.39 is 17.2 Å². The van der Waals surface area contributed by atoms with Crippen molar-refractivity contribution in [3.8, 4) is 0 Å². The molecule has 2 heterocycles. The molecular formula is C19H26F2N2O3. The van der Waals surface area contributed by atoms with Crippen LogP contribution in [0.25, 0.3) is 0 Å². The quantitative estimate of drug-likeness (QED) is 0.866. The molecule has 5 nitrogen and oxygen atoms in total. The highest BCUT2D eigenvalue weighted by molar-refractivity contribution is 5.92. The van der Waals surface area contributed by atoms with Crippen molar-refractivity contribution in [2.45, 2.75) is 71.4 Å². The largest absolute Gasteiger partial charge is 0.456 e. The molecule has 1 saturated carbocycles. The first-order valence-electron chi connectivity index (χ1n) is 9.17. The van der Waals surface area contributed by atoms with Crippen LogP contribution in [0.4, 0.5) is 8.78 Å². The Morgan fingerprint density at radius 2 is 2.04 bits per heavy atom. The summed E-state index contributed by atoms with van der Waals surface area (Å²) in [5, 5.41) is 2.80. The molecule has 1 aromatic rings. The van der Waals surface area contributed by atoms with Crippen LogP contribution in [0.15, 0.2) is 10.5 Å². The van der Waals surface area contributed by atoms with E-state index in [2.05, 4.69) is 5.32 Å². The normalized spacial score (nSPS) is 24.6. The van der Waals surface area contributed by atoms with Crippen molar-refractivity contribution in [1.82, 2.24) is 10.2 Å². The summed E-state index contributed by atoms with van der Waals surface area (Å²) in [4.78, 5) is 26.9. The highest BCUT2D eigenvalue weighted by Gasteiger charge is 2.64. The minimum absolute atomic E-state index is 0.208. The number of hydrogen-bond donors (Lipinski definition) is 1. The van der Waals surface area contributed by atoms with Gasteiger partial charge < -0.3 is 14.6 Å². The van der Waals surface area contributed by atoms with Gasteiger partial charge in [0.1, 0.15) is 11.2 Å². The Balaban J connectivity index is 1.71. The summed E-state index contributed by atoms with van der Waals surface area (Å²) in [7, 11) is 0. The van der Waals surface area contributed by atoms with Crippen molar-refractivity contribution in [2.75, 3.05) is 6.54 Å². The van der Waals surface area contributed by atoms with Gasteiger partial charge in [-0.1, -0.05) is 6.92 Å². The molecular weight excluding hydrogens is 342 g/mol. The first kappa shape index (κ1) is 18.9. The molecule has 0 aromatic carbocycles. The maximum absolute atomic E-state index is 13.8. The number of amides is 2. The highest BCUT2D eigenvalue weighted by atomic mass is 19.3. The zero-order chi connectivity index (χ0) is 19.3. The maximum Gasteiger partial charge on any atom is 0.289 e. The lowest BCUT2D eigenvalue weighted by molar-refractivity contribution is -0.142. The summed E-state index contributed by atoms with van der Waals surface area (Å²) in [6, 6.07) is 1.18. The van der Waals surface area contributed by atoms with Crippen LogP contribution in [0.2, 0.25) is 0 Å². The number of aryl methyl sites for hydroxylation is 2. The van der Waals surface area contributed by atoms with Gasteiger partial charge in [0.15, 0.2) is 5.76 Å². The SMILES string of the molecule is CC[C@@H]1[C@@H](NC(=O)C2(C(C)(F)F)CC2)CCN1C(=O)c1cc(C)c(C)o1. The standard InChI is InChI=1S/C19H26F2N2O3/c1-5-14-13(22-17(25)19(7-8-19)18(4,20)21)6-9-23(14)16(24)15-10-11(2)12(3)26-15/h10,13-14H,5-9H2,1-4H3,(H,22,25)/t13-,14+/m0/s1. The van der Waals surface area contributed by atoms with E-state index >= 15 is 0 Å². The van der Waals surface area contributed by atoms with Gasteiger partial charge in [-0.2, -0.15) is 0 Å². The average Bonchev–Trinajstić information content (AvgIpc) is 3.21. The summed E-state index contributed by atoms with van der Waals surface area (Å²) < 4.78 is 33.1. The Kier molecular flexibility index (Phi) is 4.61. The van der Waals surface area contributed by atoms with E-state index in [1.165, 1.54) is 0 Å². The molecule has 26 heavy (non-hydrogen) atoms. The van der Waals surface area contributed by atoms with E-state index in [0.29, 0.717) is 25.1 Å². The predicted molar refractivity (Wildman–Crippen MR) is 92.1 cm³/mol. The molecule has 2 amide bonds. The molecule has 1 aromatic heterocycles. The highest BCUT2D eigenvalue weighted by Crippen LogP contribution is 2.57. The number of likely N-dealkylation sites (tertiary alicyclic amines) is 1. The number of hydrogen-bond acceptors (Lipinski definition) is 3. The van der Waals surface area contributed by atoms with E-state index in [0.717, 1.165) is 12.5 Å². The monoisotopic (exact) mass is 368 g/mol. The molecule has 1 N–H and O–H groups in total. The third-order valence-corrected chi connectivity index (χ3v) is 5.94. The van der Waals surface area contributed by atoms with E-state index in [4.69, 9.17) is 4.42 Å².